The topological polar surface area (TPSA) is 50.4 Å². The summed E-state index contributed by atoms with van der Waals surface area (Å²) >= 11 is 0. The van der Waals surface area contributed by atoms with E-state index in [1.165, 1.54) is 11.1 Å². The first-order chi connectivity index (χ1) is 10.0. The molecule has 0 aliphatic rings. The van der Waals surface area contributed by atoms with E-state index < -0.39 is 0 Å². The van der Waals surface area contributed by atoms with Gasteiger partial charge in [-0.3, -0.25) is 4.79 Å². The van der Waals surface area contributed by atoms with Crippen LogP contribution in [0.15, 0.2) is 24.3 Å². The van der Waals surface area contributed by atoms with Crippen LogP contribution in [0.25, 0.3) is 0 Å². The van der Waals surface area contributed by atoms with E-state index in [2.05, 4.69) is 55.7 Å². The molecule has 118 valence electrons. The lowest BCUT2D eigenvalue weighted by molar-refractivity contribution is -0.120. The van der Waals surface area contributed by atoms with Gasteiger partial charge < -0.3 is 15.4 Å². The summed E-state index contributed by atoms with van der Waals surface area (Å²) < 4.78 is 4.89. The maximum atomic E-state index is 11.6. The number of hydrogen-bond donors (Lipinski definition) is 2. The Morgan fingerprint density at radius 3 is 2.43 bits per heavy atom. The monoisotopic (exact) mass is 292 g/mol. The molecule has 1 atom stereocenters. The van der Waals surface area contributed by atoms with Gasteiger partial charge in [-0.25, -0.2) is 0 Å². The van der Waals surface area contributed by atoms with Crippen LogP contribution in [0, 0.1) is 5.92 Å². The Bertz CT molecular complexity index is 415. The minimum atomic E-state index is -0.00433. The fourth-order valence-corrected chi connectivity index (χ4v) is 2.13. The Hall–Kier alpha value is -1.39. The van der Waals surface area contributed by atoms with Crippen LogP contribution in [0.1, 0.15) is 37.9 Å². The van der Waals surface area contributed by atoms with E-state index in [1.807, 2.05) is 0 Å². The molecule has 0 spiro atoms. The quantitative estimate of drug-likeness (QED) is 0.687. The van der Waals surface area contributed by atoms with Crippen molar-refractivity contribution >= 4 is 5.91 Å². The molecule has 0 aromatic heterocycles. The van der Waals surface area contributed by atoms with Crippen molar-refractivity contribution in [1.82, 2.24) is 10.6 Å². The fraction of sp³-hybridized carbons (Fsp3) is 0.588. The van der Waals surface area contributed by atoms with Crippen LogP contribution < -0.4 is 10.6 Å². The van der Waals surface area contributed by atoms with Gasteiger partial charge in [0, 0.05) is 19.7 Å². The van der Waals surface area contributed by atoms with Crippen LogP contribution in [0.5, 0.6) is 0 Å². The van der Waals surface area contributed by atoms with Crippen LogP contribution in [0.4, 0.5) is 0 Å². The molecule has 0 saturated carbocycles. The van der Waals surface area contributed by atoms with Crippen LogP contribution >= 0.6 is 0 Å². The van der Waals surface area contributed by atoms with E-state index in [0.29, 0.717) is 25.6 Å². The molecular weight excluding hydrogens is 264 g/mol. The molecule has 1 rings (SSSR count). The number of carbonyl (C=O) groups excluding carboxylic acids is 1. The predicted octanol–water partition coefficient (Wildman–Crippen LogP) is 2.30. The predicted molar refractivity (Wildman–Crippen MR) is 86.3 cm³/mol. The maximum Gasteiger partial charge on any atom is 0.234 e. The van der Waals surface area contributed by atoms with Gasteiger partial charge in [0.2, 0.25) is 5.91 Å². The van der Waals surface area contributed by atoms with Gasteiger partial charge in [-0.1, -0.05) is 38.1 Å². The second-order valence-electron chi connectivity index (χ2n) is 5.78. The van der Waals surface area contributed by atoms with Crippen molar-refractivity contribution in [2.24, 2.45) is 5.92 Å². The van der Waals surface area contributed by atoms with Crippen molar-refractivity contribution in [2.45, 2.75) is 33.2 Å². The lowest BCUT2D eigenvalue weighted by Gasteiger charge is -2.15. The fourth-order valence-electron chi connectivity index (χ4n) is 2.13. The zero-order chi connectivity index (χ0) is 15.7. The van der Waals surface area contributed by atoms with E-state index in [0.717, 1.165) is 6.42 Å². The van der Waals surface area contributed by atoms with Crippen molar-refractivity contribution in [1.29, 1.82) is 0 Å². The number of rotatable bonds is 9. The summed E-state index contributed by atoms with van der Waals surface area (Å²) in [4.78, 5) is 11.6. The summed E-state index contributed by atoms with van der Waals surface area (Å²) in [7, 11) is 1.62. The van der Waals surface area contributed by atoms with Crippen LogP contribution in [-0.2, 0) is 16.0 Å². The van der Waals surface area contributed by atoms with Crippen LogP contribution in [0.2, 0.25) is 0 Å². The standard InChI is InChI=1S/C17H28N2O2/c1-13(2)11-15-5-7-16(8-6-15)14(3)19-12-17(20)18-9-10-21-4/h5-8,13-14,19H,9-12H2,1-4H3,(H,18,20). The maximum absolute atomic E-state index is 11.6. The normalized spacial score (nSPS) is 12.4. The Morgan fingerprint density at radius 2 is 1.86 bits per heavy atom. The summed E-state index contributed by atoms with van der Waals surface area (Å²) in [6.45, 7) is 7.92. The molecule has 0 bridgehead atoms. The number of benzene rings is 1. The van der Waals surface area contributed by atoms with E-state index in [1.54, 1.807) is 7.11 Å². The zero-order valence-corrected chi connectivity index (χ0v) is 13.6. The molecular formula is C17H28N2O2. The number of ether oxygens (including phenoxy) is 1. The molecule has 2 N–H and O–H groups in total. The van der Waals surface area contributed by atoms with E-state index in [4.69, 9.17) is 4.74 Å². The second-order valence-corrected chi connectivity index (χ2v) is 5.78. The highest BCUT2D eigenvalue weighted by atomic mass is 16.5. The number of nitrogens with one attached hydrogen (secondary N) is 2. The number of methoxy groups -OCH3 is 1. The Labute approximate surface area is 128 Å². The number of amides is 1. The molecule has 0 heterocycles. The summed E-state index contributed by atoms with van der Waals surface area (Å²) in [5.41, 5.74) is 2.56. The zero-order valence-electron chi connectivity index (χ0n) is 13.6. The molecule has 0 aliphatic carbocycles. The largest absolute Gasteiger partial charge is 0.383 e. The van der Waals surface area contributed by atoms with Gasteiger partial charge in [-0.05, 0) is 30.4 Å². The van der Waals surface area contributed by atoms with Crippen molar-refractivity contribution in [3.05, 3.63) is 35.4 Å². The molecule has 4 heteroatoms. The number of hydrogen-bond acceptors (Lipinski definition) is 3. The van der Waals surface area contributed by atoms with Gasteiger partial charge in [-0.2, -0.15) is 0 Å². The van der Waals surface area contributed by atoms with Crippen molar-refractivity contribution in [3.8, 4) is 0 Å². The first-order valence-corrected chi connectivity index (χ1v) is 7.60. The Morgan fingerprint density at radius 1 is 1.19 bits per heavy atom. The summed E-state index contributed by atoms with van der Waals surface area (Å²) in [6, 6.07) is 8.78. The third-order valence-corrected chi connectivity index (χ3v) is 3.32. The molecule has 1 unspecified atom stereocenters. The average molecular weight is 292 g/mol. The van der Waals surface area contributed by atoms with Crippen molar-refractivity contribution < 1.29 is 9.53 Å². The molecule has 0 saturated heterocycles. The molecule has 4 nitrogen and oxygen atoms in total. The SMILES string of the molecule is COCCNC(=O)CNC(C)c1ccc(CC(C)C)cc1. The van der Waals surface area contributed by atoms with Gasteiger partial charge in [0.1, 0.15) is 0 Å². The summed E-state index contributed by atoms with van der Waals surface area (Å²) in [5.74, 6) is 0.664. The number of carbonyl (C=O) groups is 1. The van der Waals surface area contributed by atoms with E-state index in [9.17, 15) is 4.79 Å². The molecule has 1 aromatic carbocycles. The third kappa shape index (κ3) is 7.25. The van der Waals surface area contributed by atoms with E-state index in [-0.39, 0.29) is 11.9 Å². The minimum absolute atomic E-state index is 0.00433. The molecule has 0 aliphatic heterocycles. The van der Waals surface area contributed by atoms with Crippen molar-refractivity contribution in [3.63, 3.8) is 0 Å². The molecule has 21 heavy (non-hydrogen) atoms. The second kappa shape index (κ2) is 9.53. The highest BCUT2D eigenvalue weighted by Gasteiger charge is 2.07. The van der Waals surface area contributed by atoms with Gasteiger partial charge in [0.25, 0.3) is 0 Å². The Balaban J connectivity index is 2.37. The molecule has 1 aromatic rings. The summed E-state index contributed by atoms with van der Waals surface area (Å²) in [6.07, 6.45) is 1.10. The van der Waals surface area contributed by atoms with Crippen LogP contribution in [0.3, 0.4) is 0 Å². The first-order valence-electron chi connectivity index (χ1n) is 7.60. The van der Waals surface area contributed by atoms with Gasteiger partial charge in [0.05, 0.1) is 13.2 Å². The smallest absolute Gasteiger partial charge is 0.234 e. The lowest BCUT2D eigenvalue weighted by atomic mass is 10.00. The Kier molecular flexibility index (Phi) is 8.01. The van der Waals surface area contributed by atoms with Crippen LogP contribution in [-0.4, -0.2) is 32.7 Å². The van der Waals surface area contributed by atoms with Gasteiger partial charge in [0.15, 0.2) is 0 Å². The first kappa shape index (κ1) is 17.7. The van der Waals surface area contributed by atoms with E-state index >= 15 is 0 Å². The van der Waals surface area contributed by atoms with Gasteiger partial charge >= 0.3 is 0 Å². The molecule has 0 radical (unpaired) electrons. The third-order valence-electron chi connectivity index (χ3n) is 3.32. The summed E-state index contributed by atoms with van der Waals surface area (Å²) in [5, 5.41) is 6.03. The minimum Gasteiger partial charge on any atom is -0.383 e. The highest BCUT2D eigenvalue weighted by Crippen LogP contribution is 2.15. The molecule has 1 amide bonds. The van der Waals surface area contributed by atoms with Gasteiger partial charge in [-0.15, -0.1) is 0 Å². The highest BCUT2D eigenvalue weighted by molar-refractivity contribution is 5.78. The van der Waals surface area contributed by atoms with Crippen molar-refractivity contribution in [2.75, 3.05) is 26.8 Å². The molecule has 0 fully saturated rings. The lowest BCUT2D eigenvalue weighted by Crippen LogP contribution is -2.36. The average Bonchev–Trinajstić information content (AvgIpc) is 2.45.